The fourth-order valence-corrected chi connectivity index (χ4v) is 6.66. The Kier molecular flexibility index (Phi) is 10.0. The van der Waals surface area contributed by atoms with Gasteiger partial charge in [-0.2, -0.15) is 0 Å². The normalized spacial score (nSPS) is 14.4. The van der Waals surface area contributed by atoms with Crippen LogP contribution in [0.3, 0.4) is 0 Å². The smallest absolute Gasteiger partial charge is 0.264 e. The second kappa shape index (κ2) is 13.5. The van der Waals surface area contributed by atoms with Gasteiger partial charge in [0.15, 0.2) is 0 Å². The number of nitrogens with zero attached hydrogens (tertiary/aromatic N) is 2. The number of anilines is 1. The minimum atomic E-state index is -4.19. The van der Waals surface area contributed by atoms with Gasteiger partial charge in [0.05, 0.1) is 10.6 Å². The summed E-state index contributed by atoms with van der Waals surface area (Å²) in [5.41, 5.74) is 1.59. The highest BCUT2D eigenvalue weighted by molar-refractivity contribution is 7.92. The van der Waals surface area contributed by atoms with E-state index in [0.717, 1.165) is 35.6 Å². The number of carbonyl (C=O) groups excluding carboxylic acids is 2. The van der Waals surface area contributed by atoms with Gasteiger partial charge in [0, 0.05) is 17.6 Å². The van der Waals surface area contributed by atoms with Gasteiger partial charge in [-0.1, -0.05) is 67.8 Å². The molecule has 0 heterocycles. The molecule has 0 saturated heterocycles. The Morgan fingerprint density at radius 3 is 2.29 bits per heavy atom. The van der Waals surface area contributed by atoms with Crippen molar-refractivity contribution in [3.8, 4) is 0 Å². The minimum Gasteiger partial charge on any atom is -0.352 e. The zero-order chi connectivity index (χ0) is 29.6. The quantitative estimate of drug-likeness (QED) is 0.300. The molecule has 10 heteroatoms. The number of carbonyl (C=O) groups is 2. The Morgan fingerprint density at radius 1 is 1.02 bits per heavy atom. The van der Waals surface area contributed by atoms with Crippen molar-refractivity contribution in [1.29, 1.82) is 0 Å². The maximum absolute atomic E-state index is 14.1. The number of rotatable bonds is 11. The van der Waals surface area contributed by atoms with E-state index in [1.807, 2.05) is 6.92 Å². The van der Waals surface area contributed by atoms with Gasteiger partial charge >= 0.3 is 0 Å². The molecule has 0 aliphatic heterocycles. The van der Waals surface area contributed by atoms with E-state index < -0.39 is 34.3 Å². The Morgan fingerprint density at radius 2 is 1.68 bits per heavy atom. The van der Waals surface area contributed by atoms with Gasteiger partial charge < -0.3 is 10.2 Å². The summed E-state index contributed by atoms with van der Waals surface area (Å²) in [6, 6.07) is 17.5. The summed E-state index contributed by atoms with van der Waals surface area (Å²) in [6.07, 6.45) is 4.14. The molecule has 1 N–H and O–H groups in total. The van der Waals surface area contributed by atoms with Crippen molar-refractivity contribution >= 4 is 39.1 Å². The molecular formula is C31H35ClFN3O4S. The molecule has 1 saturated carbocycles. The fourth-order valence-electron chi connectivity index (χ4n) is 5.06. The fraction of sp³-hybridized carbons (Fsp3) is 0.355. The molecule has 0 unspecified atom stereocenters. The molecular weight excluding hydrogens is 565 g/mol. The molecule has 218 valence electrons. The first kappa shape index (κ1) is 30.5. The van der Waals surface area contributed by atoms with Crippen molar-refractivity contribution in [2.45, 2.75) is 69.5 Å². The van der Waals surface area contributed by atoms with Gasteiger partial charge in [0.25, 0.3) is 10.0 Å². The lowest BCUT2D eigenvalue weighted by Gasteiger charge is -2.34. The second-order valence-electron chi connectivity index (χ2n) is 10.3. The highest BCUT2D eigenvalue weighted by Crippen LogP contribution is 2.29. The first-order valence-electron chi connectivity index (χ1n) is 13.8. The van der Waals surface area contributed by atoms with E-state index in [-0.39, 0.29) is 29.1 Å². The van der Waals surface area contributed by atoms with Crippen LogP contribution in [0.15, 0.2) is 77.7 Å². The van der Waals surface area contributed by atoms with Gasteiger partial charge in [-0.15, -0.1) is 0 Å². The van der Waals surface area contributed by atoms with E-state index in [4.69, 9.17) is 11.6 Å². The first-order chi connectivity index (χ1) is 19.6. The lowest BCUT2D eigenvalue weighted by molar-refractivity contribution is -0.140. The largest absolute Gasteiger partial charge is 0.352 e. The van der Waals surface area contributed by atoms with Crippen molar-refractivity contribution in [3.63, 3.8) is 0 Å². The number of amides is 2. The van der Waals surface area contributed by atoms with Gasteiger partial charge in [0.2, 0.25) is 11.8 Å². The molecule has 0 radical (unpaired) electrons. The Balaban J connectivity index is 1.72. The lowest BCUT2D eigenvalue weighted by Crippen LogP contribution is -2.53. The van der Waals surface area contributed by atoms with Crippen LogP contribution in [0.2, 0.25) is 5.02 Å². The number of aryl methyl sites for hydroxylation is 1. The number of hydrogen-bond acceptors (Lipinski definition) is 4. The van der Waals surface area contributed by atoms with E-state index >= 15 is 0 Å². The predicted molar refractivity (Wildman–Crippen MR) is 159 cm³/mol. The second-order valence-corrected chi connectivity index (χ2v) is 12.6. The number of benzene rings is 3. The van der Waals surface area contributed by atoms with E-state index in [2.05, 4.69) is 5.32 Å². The topological polar surface area (TPSA) is 86.8 Å². The molecule has 3 aromatic rings. The van der Waals surface area contributed by atoms with Crippen LogP contribution in [0.4, 0.5) is 10.1 Å². The van der Waals surface area contributed by atoms with Crippen LogP contribution in [-0.2, 0) is 26.2 Å². The van der Waals surface area contributed by atoms with E-state index in [9.17, 15) is 22.4 Å². The SMILES string of the molecule is CC[C@H](C(=O)NC1CCCC1)N(Cc1ccc(F)cc1)C(=O)CN(c1ccc(C)c(Cl)c1)S(=O)(=O)c1ccccc1. The molecule has 2 amide bonds. The van der Waals surface area contributed by atoms with Crippen LogP contribution in [0.5, 0.6) is 0 Å². The van der Waals surface area contributed by atoms with E-state index in [1.54, 1.807) is 49.4 Å². The van der Waals surface area contributed by atoms with Gasteiger partial charge in [-0.05, 0) is 73.7 Å². The van der Waals surface area contributed by atoms with Crippen LogP contribution in [-0.4, -0.2) is 43.8 Å². The third-order valence-corrected chi connectivity index (χ3v) is 9.60. The molecule has 41 heavy (non-hydrogen) atoms. The minimum absolute atomic E-state index is 0.00356. The molecule has 1 aliphatic carbocycles. The van der Waals surface area contributed by atoms with Gasteiger partial charge in [-0.3, -0.25) is 13.9 Å². The summed E-state index contributed by atoms with van der Waals surface area (Å²) < 4.78 is 42.4. The van der Waals surface area contributed by atoms with E-state index in [1.165, 1.54) is 35.2 Å². The Labute approximate surface area is 246 Å². The first-order valence-corrected chi connectivity index (χ1v) is 15.6. The zero-order valence-electron chi connectivity index (χ0n) is 23.2. The average molecular weight is 600 g/mol. The molecule has 4 rings (SSSR count). The van der Waals surface area contributed by atoms with E-state index in [0.29, 0.717) is 17.0 Å². The maximum atomic E-state index is 14.1. The van der Waals surface area contributed by atoms with Crippen molar-refractivity contribution < 1.29 is 22.4 Å². The van der Waals surface area contributed by atoms with Gasteiger partial charge in [-0.25, -0.2) is 12.8 Å². The monoisotopic (exact) mass is 599 g/mol. The molecule has 0 spiro atoms. The van der Waals surface area contributed by atoms with Crippen molar-refractivity contribution in [2.75, 3.05) is 10.8 Å². The van der Waals surface area contributed by atoms with Crippen LogP contribution in [0.1, 0.15) is 50.2 Å². The van der Waals surface area contributed by atoms with Crippen molar-refractivity contribution in [3.05, 3.63) is 94.8 Å². The molecule has 1 atom stereocenters. The standard InChI is InChI=1S/C31H35ClFN3O4S/c1-3-29(31(38)34-25-9-7-8-10-25)35(20-23-14-16-24(33)17-15-23)30(37)21-36(26-18-13-22(2)28(32)19-26)41(39,40)27-11-5-4-6-12-27/h4-6,11-19,25,29H,3,7-10,20-21H2,1-2H3,(H,34,38)/t29-/m1/s1. The molecule has 3 aromatic carbocycles. The number of sulfonamides is 1. The zero-order valence-corrected chi connectivity index (χ0v) is 24.8. The molecule has 0 aromatic heterocycles. The Bertz CT molecular complexity index is 1460. The highest BCUT2D eigenvalue weighted by Gasteiger charge is 2.34. The molecule has 1 aliphatic rings. The summed E-state index contributed by atoms with van der Waals surface area (Å²) in [5.74, 6) is -1.28. The van der Waals surface area contributed by atoms with Crippen LogP contribution < -0.4 is 9.62 Å². The predicted octanol–water partition coefficient (Wildman–Crippen LogP) is 5.85. The average Bonchev–Trinajstić information content (AvgIpc) is 3.47. The van der Waals surface area contributed by atoms with Crippen molar-refractivity contribution in [2.24, 2.45) is 0 Å². The van der Waals surface area contributed by atoms with Crippen LogP contribution in [0, 0.1) is 12.7 Å². The molecule has 7 nitrogen and oxygen atoms in total. The lowest BCUT2D eigenvalue weighted by atomic mass is 10.1. The molecule has 1 fully saturated rings. The Hall–Kier alpha value is -3.43. The van der Waals surface area contributed by atoms with Crippen molar-refractivity contribution in [1.82, 2.24) is 10.2 Å². The summed E-state index contributed by atoms with van der Waals surface area (Å²) in [7, 11) is -4.19. The van der Waals surface area contributed by atoms with Crippen LogP contribution >= 0.6 is 11.6 Å². The number of halogens is 2. The summed E-state index contributed by atoms with van der Waals surface area (Å²) >= 11 is 6.37. The summed E-state index contributed by atoms with van der Waals surface area (Å²) in [4.78, 5) is 29.0. The maximum Gasteiger partial charge on any atom is 0.264 e. The number of nitrogens with one attached hydrogen (secondary N) is 1. The van der Waals surface area contributed by atoms with Crippen LogP contribution in [0.25, 0.3) is 0 Å². The third-order valence-electron chi connectivity index (χ3n) is 7.41. The molecule has 0 bridgehead atoms. The number of hydrogen-bond donors (Lipinski definition) is 1. The van der Waals surface area contributed by atoms with Gasteiger partial charge in [0.1, 0.15) is 18.4 Å². The third kappa shape index (κ3) is 7.45. The summed E-state index contributed by atoms with van der Waals surface area (Å²) in [5, 5.41) is 3.43. The highest BCUT2D eigenvalue weighted by atomic mass is 35.5. The summed E-state index contributed by atoms with van der Waals surface area (Å²) in [6.45, 7) is 3.04.